The Bertz CT molecular complexity index is 1220. The number of rotatable bonds is 3. The van der Waals surface area contributed by atoms with E-state index >= 15 is 0 Å². The number of alkyl halides is 3. The Hall–Kier alpha value is -2.98. The lowest BCUT2D eigenvalue weighted by Gasteiger charge is -2.15. The third-order valence-corrected chi connectivity index (χ3v) is 4.71. The van der Waals surface area contributed by atoms with Gasteiger partial charge in [-0.25, -0.2) is 19.3 Å². The largest absolute Gasteiger partial charge is 0.433 e. The highest BCUT2D eigenvalue weighted by Crippen LogP contribution is 2.32. The summed E-state index contributed by atoms with van der Waals surface area (Å²) in [7, 11) is 0. The van der Waals surface area contributed by atoms with Gasteiger partial charge in [0.05, 0.1) is 21.6 Å². The lowest BCUT2D eigenvalue weighted by Crippen LogP contribution is -2.24. The number of benzene rings is 1. The van der Waals surface area contributed by atoms with Gasteiger partial charge in [0.1, 0.15) is 17.3 Å². The highest BCUT2D eigenvalue weighted by molar-refractivity contribution is 7.07. The van der Waals surface area contributed by atoms with Crippen molar-refractivity contribution in [2.45, 2.75) is 6.18 Å². The lowest BCUT2D eigenvalue weighted by atomic mass is 10.2. The number of nitrogens with one attached hydrogen (secondary N) is 1. The predicted octanol–water partition coefficient (Wildman–Crippen LogP) is 4.65. The smallest absolute Gasteiger partial charge is 0.323 e. The third-order valence-electron chi connectivity index (χ3n) is 3.80. The molecule has 0 saturated carbocycles. The Morgan fingerprint density at radius 1 is 1.11 bits per heavy atom. The van der Waals surface area contributed by atoms with E-state index in [1.807, 2.05) is 0 Å². The molecule has 4 aromatic rings. The molecule has 0 radical (unpaired) electrons. The molecule has 0 aliphatic heterocycles. The fourth-order valence-corrected chi connectivity index (χ4v) is 3.30. The number of fused-ring (bicyclic) bond motifs is 1. The first-order chi connectivity index (χ1) is 13.3. The van der Waals surface area contributed by atoms with Gasteiger partial charge in [0, 0.05) is 5.38 Å². The number of anilines is 2. The van der Waals surface area contributed by atoms with Crippen LogP contribution < -0.4 is 11.0 Å². The normalized spacial score (nSPS) is 11.7. The van der Waals surface area contributed by atoms with Crippen LogP contribution in [0.3, 0.4) is 0 Å². The molecule has 0 spiro atoms. The van der Waals surface area contributed by atoms with E-state index in [2.05, 4.69) is 20.3 Å². The number of hydrogen-bond acceptors (Lipinski definition) is 6. The minimum Gasteiger partial charge on any atom is -0.323 e. The summed E-state index contributed by atoms with van der Waals surface area (Å²) in [5.41, 5.74) is -0.439. The van der Waals surface area contributed by atoms with E-state index in [-0.39, 0.29) is 27.6 Å². The van der Waals surface area contributed by atoms with Gasteiger partial charge in [-0.05, 0) is 24.3 Å². The Kier molecular flexibility index (Phi) is 4.52. The fraction of sp³-hybridized carbons (Fsp3) is 0.0588. The summed E-state index contributed by atoms with van der Waals surface area (Å²) in [6.07, 6.45) is -4.68. The second-order valence-electron chi connectivity index (χ2n) is 5.59. The average molecular weight is 424 g/mol. The summed E-state index contributed by atoms with van der Waals surface area (Å²) in [6, 6.07) is 8.30. The van der Waals surface area contributed by atoms with Crippen LogP contribution in [0.25, 0.3) is 16.7 Å². The molecule has 28 heavy (non-hydrogen) atoms. The number of aromatic nitrogens is 4. The lowest BCUT2D eigenvalue weighted by molar-refractivity contribution is -0.141. The van der Waals surface area contributed by atoms with Crippen molar-refractivity contribution < 1.29 is 13.2 Å². The highest BCUT2D eigenvalue weighted by Gasteiger charge is 2.33. The second-order valence-corrected chi connectivity index (χ2v) is 6.72. The molecule has 1 N–H and O–H groups in total. The van der Waals surface area contributed by atoms with Crippen molar-refractivity contribution in [3.63, 3.8) is 0 Å². The van der Waals surface area contributed by atoms with Gasteiger partial charge < -0.3 is 5.32 Å². The van der Waals surface area contributed by atoms with Crippen molar-refractivity contribution in [3.8, 4) is 5.69 Å². The summed E-state index contributed by atoms with van der Waals surface area (Å²) in [6.45, 7) is 0. The van der Waals surface area contributed by atoms with E-state index in [9.17, 15) is 18.0 Å². The molecular weight excluding hydrogens is 415 g/mol. The van der Waals surface area contributed by atoms with Crippen LogP contribution in [0.15, 0.2) is 52.1 Å². The molecule has 4 rings (SSSR count). The first-order valence-corrected chi connectivity index (χ1v) is 9.08. The van der Waals surface area contributed by atoms with Gasteiger partial charge in [0.2, 0.25) is 0 Å². The van der Waals surface area contributed by atoms with E-state index in [1.165, 1.54) is 29.5 Å². The zero-order valence-electron chi connectivity index (χ0n) is 13.7. The van der Waals surface area contributed by atoms with E-state index in [1.54, 1.807) is 23.0 Å². The zero-order valence-corrected chi connectivity index (χ0v) is 15.3. The predicted molar refractivity (Wildman–Crippen MR) is 101 cm³/mol. The summed E-state index contributed by atoms with van der Waals surface area (Å²) in [5, 5.41) is 4.89. The van der Waals surface area contributed by atoms with Crippen molar-refractivity contribution in [1.29, 1.82) is 0 Å². The maximum atomic E-state index is 13.2. The number of pyridine rings is 1. The Labute approximate surface area is 164 Å². The molecular formula is C17H9ClF3N5OS. The molecule has 0 aliphatic carbocycles. The maximum absolute atomic E-state index is 13.2. The molecule has 0 bridgehead atoms. The van der Waals surface area contributed by atoms with Crippen LogP contribution in [0, 0.1) is 0 Å². The van der Waals surface area contributed by atoms with Crippen LogP contribution in [-0.2, 0) is 6.18 Å². The van der Waals surface area contributed by atoms with Crippen molar-refractivity contribution in [2.75, 3.05) is 5.32 Å². The molecule has 0 fully saturated rings. The van der Waals surface area contributed by atoms with Crippen LogP contribution in [0.5, 0.6) is 0 Å². The number of thiazole rings is 1. The summed E-state index contributed by atoms with van der Waals surface area (Å²) in [4.78, 5) is 24.4. The molecule has 0 aliphatic rings. The quantitative estimate of drug-likeness (QED) is 0.519. The van der Waals surface area contributed by atoms with E-state index < -0.39 is 17.6 Å². The van der Waals surface area contributed by atoms with E-state index in [0.717, 1.165) is 10.6 Å². The molecule has 6 nitrogen and oxygen atoms in total. The summed E-state index contributed by atoms with van der Waals surface area (Å²) in [5.74, 6) is 0.462. The van der Waals surface area contributed by atoms with Gasteiger partial charge in [0.25, 0.3) is 0 Å². The topological polar surface area (TPSA) is 72.7 Å². The van der Waals surface area contributed by atoms with Crippen LogP contribution in [0.1, 0.15) is 5.69 Å². The van der Waals surface area contributed by atoms with Gasteiger partial charge in [-0.1, -0.05) is 23.7 Å². The number of para-hydroxylation sites is 1. The number of halogens is 4. The molecule has 0 unspecified atom stereocenters. The monoisotopic (exact) mass is 423 g/mol. The summed E-state index contributed by atoms with van der Waals surface area (Å²) < 4.78 is 40.6. The molecule has 142 valence electrons. The molecule has 0 amide bonds. The minimum absolute atomic E-state index is 0.0513. The molecule has 0 atom stereocenters. The molecule has 11 heteroatoms. The van der Waals surface area contributed by atoms with Gasteiger partial charge in [0.15, 0.2) is 5.65 Å². The maximum Gasteiger partial charge on any atom is 0.433 e. The van der Waals surface area contributed by atoms with Crippen LogP contribution in [0.4, 0.5) is 24.8 Å². The third kappa shape index (κ3) is 3.32. The van der Waals surface area contributed by atoms with Crippen molar-refractivity contribution in [2.24, 2.45) is 0 Å². The van der Waals surface area contributed by atoms with Crippen LogP contribution >= 0.6 is 22.9 Å². The van der Waals surface area contributed by atoms with Gasteiger partial charge in [-0.15, -0.1) is 11.3 Å². The van der Waals surface area contributed by atoms with Crippen LogP contribution in [0.2, 0.25) is 5.02 Å². The van der Waals surface area contributed by atoms with Crippen molar-refractivity contribution >= 4 is 45.6 Å². The van der Waals surface area contributed by atoms with Crippen molar-refractivity contribution in [3.05, 3.63) is 68.5 Å². The molecule has 1 aromatic carbocycles. The first kappa shape index (κ1) is 18.4. The Balaban J connectivity index is 2.04. The first-order valence-electron chi connectivity index (χ1n) is 7.76. The van der Waals surface area contributed by atoms with Gasteiger partial charge in [-0.3, -0.25) is 0 Å². The van der Waals surface area contributed by atoms with E-state index in [4.69, 9.17) is 11.6 Å². The van der Waals surface area contributed by atoms with Crippen molar-refractivity contribution in [1.82, 2.24) is 19.5 Å². The molecule has 3 aromatic heterocycles. The standard InChI is InChI=1S/C17H9ClF3N5OS/c18-10-3-1-2-4-11(10)26-15-9(5-6-12(23-15)17(19,20)21)14(25-16(26)27)24-13-7-28-8-22-13/h1-8H,(H,24,25,27). The zero-order chi connectivity index (χ0) is 19.9. The number of nitrogens with zero attached hydrogens (tertiary/aromatic N) is 4. The summed E-state index contributed by atoms with van der Waals surface area (Å²) >= 11 is 7.46. The van der Waals surface area contributed by atoms with Crippen LogP contribution in [-0.4, -0.2) is 19.5 Å². The minimum atomic E-state index is -4.68. The van der Waals surface area contributed by atoms with Gasteiger partial charge in [-0.2, -0.15) is 18.2 Å². The Morgan fingerprint density at radius 2 is 1.89 bits per heavy atom. The molecule has 3 heterocycles. The highest BCUT2D eigenvalue weighted by atomic mass is 35.5. The van der Waals surface area contributed by atoms with Gasteiger partial charge >= 0.3 is 11.9 Å². The average Bonchev–Trinajstić information content (AvgIpc) is 3.15. The molecule has 0 saturated heterocycles. The SMILES string of the molecule is O=c1nc(Nc2cscn2)c2ccc(C(F)(F)F)nc2n1-c1ccccc1Cl. The van der Waals surface area contributed by atoms with E-state index in [0.29, 0.717) is 5.82 Å². The fourth-order valence-electron chi connectivity index (χ4n) is 2.60. The Morgan fingerprint density at radius 3 is 2.57 bits per heavy atom. The second kappa shape index (κ2) is 6.88. The number of hydrogen-bond donors (Lipinski definition) is 1.